The van der Waals surface area contributed by atoms with Gasteiger partial charge in [-0.25, -0.2) is 4.98 Å². The van der Waals surface area contributed by atoms with Crippen molar-refractivity contribution in [1.29, 1.82) is 0 Å². The highest BCUT2D eigenvalue weighted by molar-refractivity contribution is 7.11. The van der Waals surface area contributed by atoms with Gasteiger partial charge in [-0.15, -0.1) is 11.3 Å². The Bertz CT molecular complexity index is 925. The molecule has 0 radical (unpaired) electrons. The van der Waals surface area contributed by atoms with Crippen LogP contribution in [0.1, 0.15) is 47.8 Å². The summed E-state index contributed by atoms with van der Waals surface area (Å²) in [7, 11) is 0. The van der Waals surface area contributed by atoms with E-state index in [1.54, 1.807) is 16.2 Å². The Morgan fingerprint density at radius 3 is 2.50 bits per heavy atom. The molecule has 4 N–H and O–H groups in total. The molecule has 0 aliphatic carbocycles. The second-order valence-electron chi connectivity index (χ2n) is 8.32. The van der Waals surface area contributed by atoms with Crippen LogP contribution in [0, 0.1) is 19.8 Å². The van der Waals surface area contributed by atoms with Crippen molar-refractivity contribution >= 4 is 23.2 Å². The van der Waals surface area contributed by atoms with E-state index in [9.17, 15) is 9.59 Å². The van der Waals surface area contributed by atoms with E-state index in [4.69, 9.17) is 16.2 Å². The van der Waals surface area contributed by atoms with Gasteiger partial charge in [0.15, 0.2) is 0 Å². The summed E-state index contributed by atoms with van der Waals surface area (Å²) in [5.74, 6) is 0.199. The Morgan fingerprint density at radius 1 is 1.30 bits per heavy atom. The maximum absolute atomic E-state index is 13.1. The lowest BCUT2D eigenvalue weighted by molar-refractivity contribution is -0.139. The van der Waals surface area contributed by atoms with Crippen molar-refractivity contribution in [3.8, 4) is 5.75 Å². The number of nitrogens with zero attached hydrogens (tertiary/aromatic N) is 2. The normalized spacial score (nSPS) is 20.1. The number of hydrogen-bond donors (Lipinski definition) is 2. The van der Waals surface area contributed by atoms with Crippen molar-refractivity contribution in [1.82, 2.24) is 9.88 Å². The van der Waals surface area contributed by atoms with Gasteiger partial charge < -0.3 is 21.1 Å². The number of hydrogen-bond acceptors (Lipinski definition) is 6. The molecule has 1 aromatic heterocycles. The molecule has 0 spiro atoms. The average Bonchev–Trinajstić information content (AvgIpc) is 3.17. The van der Waals surface area contributed by atoms with Gasteiger partial charge in [-0.3, -0.25) is 9.59 Å². The maximum Gasteiger partial charge on any atom is 0.248 e. The molecule has 1 aliphatic rings. The zero-order valence-electron chi connectivity index (χ0n) is 18.0. The van der Waals surface area contributed by atoms with Gasteiger partial charge >= 0.3 is 0 Å². The van der Waals surface area contributed by atoms with Crippen molar-refractivity contribution < 1.29 is 14.3 Å². The van der Waals surface area contributed by atoms with E-state index in [0.717, 1.165) is 15.6 Å². The van der Waals surface area contributed by atoms with Crippen LogP contribution in [0.5, 0.6) is 5.75 Å². The van der Waals surface area contributed by atoms with Crippen LogP contribution in [0.2, 0.25) is 0 Å². The van der Waals surface area contributed by atoms with Gasteiger partial charge in [0.05, 0.1) is 15.6 Å². The lowest BCUT2D eigenvalue weighted by Crippen LogP contribution is -2.51. The second kappa shape index (κ2) is 8.73. The van der Waals surface area contributed by atoms with Crippen molar-refractivity contribution in [2.45, 2.75) is 58.7 Å². The number of carbonyl (C=O) groups is 2. The van der Waals surface area contributed by atoms with E-state index in [2.05, 4.69) is 4.98 Å². The van der Waals surface area contributed by atoms with Crippen LogP contribution >= 0.6 is 11.3 Å². The quantitative estimate of drug-likeness (QED) is 0.669. The molecule has 7 nitrogen and oxygen atoms in total. The molecule has 2 amide bonds. The molecule has 162 valence electrons. The van der Waals surface area contributed by atoms with E-state index in [1.807, 2.05) is 52.0 Å². The lowest BCUT2D eigenvalue weighted by Gasteiger charge is -2.29. The summed E-state index contributed by atoms with van der Waals surface area (Å²) in [5, 5.41) is 1.02. The Kier molecular flexibility index (Phi) is 6.47. The van der Waals surface area contributed by atoms with Crippen molar-refractivity contribution in [3.05, 3.63) is 45.4 Å². The Hall–Kier alpha value is -2.45. The van der Waals surface area contributed by atoms with E-state index in [-0.39, 0.29) is 11.8 Å². The first-order valence-corrected chi connectivity index (χ1v) is 11.0. The zero-order chi connectivity index (χ0) is 22.1. The van der Waals surface area contributed by atoms with Crippen molar-refractivity contribution in [3.63, 3.8) is 0 Å². The van der Waals surface area contributed by atoms with E-state index in [0.29, 0.717) is 37.3 Å². The molecule has 2 heterocycles. The monoisotopic (exact) mass is 430 g/mol. The first-order chi connectivity index (χ1) is 14.1. The number of rotatable bonds is 8. The third kappa shape index (κ3) is 4.49. The molecular weight excluding hydrogens is 400 g/mol. The van der Waals surface area contributed by atoms with Gasteiger partial charge in [0.25, 0.3) is 0 Å². The number of carbonyl (C=O) groups excluding carboxylic acids is 2. The fraction of sp³-hybridized carbons (Fsp3) is 0.500. The Morgan fingerprint density at radius 2 is 1.97 bits per heavy atom. The van der Waals surface area contributed by atoms with Crippen LogP contribution in [0.3, 0.4) is 0 Å². The molecule has 2 unspecified atom stereocenters. The topological polar surface area (TPSA) is 112 Å². The number of benzene rings is 1. The van der Waals surface area contributed by atoms with Gasteiger partial charge in [0, 0.05) is 6.54 Å². The van der Waals surface area contributed by atoms with Gasteiger partial charge in [-0.2, -0.15) is 0 Å². The van der Waals surface area contributed by atoms with Crippen molar-refractivity contribution in [2.75, 3.05) is 6.54 Å². The molecule has 0 saturated carbocycles. The predicted molar refractivity (Wildman–Crippen MR) is 117 cm³/mol. The molecule has 1 fully saturated rings. The van der Waals surface area contributed by atoms with E-state index in [1.165, 1.54) is 0 Å². The second-order valence-corrected chi connectivity index (χ2v) is 9.61. The highest BCUT2D eigenvalue weighted by Gasteiger charge is 2.48. The van der Waals surface area contributed by atoms with Crippen LogP contribution < -0.4 is 16.2 Å². The van der Waals surface area contributed by atoms with Crippen molar-refractivity contribution in [2.24, 2.45) is 17.4 Å². The van der Waals surface area contributed by atoms with Crippen LogP contribution in [0.15, 0.2) is 24.3 Å². The van der Waals surface area contributed by atoms with Crippen LogP contribution in [-0.4, -0.2) is 34.3 Å². The minimum absolute atomic E-state index is 0.241. The summed E-state index contributed by atoms with van der Waals surface area (Å²) in [6.45, 7) is 8.81. The number of primary amides is 1. The molecular formula is C22H30N4O3S. The summed E-state index contributed by atoms with van der Waals surface area (Å²) >= 11 is 1.62. The van der Waals surface area contributed by atoms with Crippen LogP contribution in [0.25, 0.3) is 0 Å². The summed E-state index contributed by atoms with van der Waals surface area (Å²) in [6, 6.07) is 6.66. The summed E-state index contributed by atoms with van der Waals surface area (Å²) in [5.41, 5.74) is 12.6. The molecule has 1 aliphatic heterocycles. The van der Waals surface area contributed by atoms with Gasteiger partial charge in [-0.1, -0.05) is 26.0 Å². The highest BCUT2D eigenvalue weighted by Crippen LogP contribution is 2.34. The number of aromatic nitrogens is 1. The predicted octanol–water partition coefficient (Wildman–Crippen LogP) is 2.63. The van der Waals surface area contributed by atoms with Gasteiger partial charge in [0.2, 0.25) is 11.8 Å². The molecule has 8 heteroatoms. The SMILES string of the molecule is Cc1nc(C)c(COc2ccc(C3(N)CCN(C(CC(C)C)C(N)=O)C3=O)cc2)s1. The summed E-state index contributed by atoms with van der Waals surface area (Å²) in [4.78, 5) is 32.1. The minimum atomic E-state index is -1.16. The maximum atomic E-state index is 13.1. The zero-order valence-corrected chi connectivity index (χ0v) is 18.8. The Labute approximate surface area is 181 Å². The van der Waals surface area contributed by atoms with Crippen LogP contribution in [0.4, 0.5) is 0 Å². The number of thiazole rings is 1. The largest absolute Gasteiger partial charge is 0.488 e. The lowest BCUT2D eigenvalue weighted by atomic mass is 9.89. The first-order valence-electron chi connectivity index (χ1n) is 10.2. The highest BCUT2D eigenvalue weighted by atomic mass is 32.1. The standard InChI is InChI=1S/C22H30N4O3S/c1-13(2)11-18(20(23)27)26-10-9-22(24,21(26)28)16-5-7-17(8-6-16)29-12-19-14(3)25-15(4)30-19/h5-8,13,18H,9-12,24H2,1-4H3,(H2,23,27). The smallest absolute Gasteiger partial charge is 0.248 e. The van der Waals surface area contributed by atoms with E-state index >= 15 is 0 Å². The first kappa shape index (κ1) is 22.2. The average molecular weight is 431 g/mol. The van der Waals surface area contributed by atoms with Gasteiger partial charge in [-0.05, 0) is 50.3 Å². The number of likely N-dealkylation sites (tertiary alicyclic amines) is 1. The molecule has 1 saturated heterocycles. The minimum Gasteiger partial charge on any atom is -0.488 e. The van der Waals surface area contributed by atoms with E-state index < -0.39 is 17.5 Å². The third-order valence-electron chi connectivity index (χ3n) is 5.53. The molecule has 2 atom stereocenters. The molecule has 1 aromatic carbocycles. The number of ether oxygens (including phenoxy) is 1. The Balaban J connectivity index is 1.71. The number of amides is 2. The molecule has 30 heavy (non-hydrogen) atoms. The van der Waals surface area contributed by atoms with Gasteiger partial charge in [0.1, 0.15) is 23.9 Å². The molecule has 2 aromatic rings. The molecule has 3 rings (SSSR count). The number of aryl methyl sites for hydroxylation is 2. The number of nitrogens with two attached hydrogens (primary N) is 2. The summed E-state index contributed by atoms with van der Waals surface area (Å²) in [6.07, 6.45) is 0.966. The molecule has 0 bridgehead atoms. The third-order valence-corrected chi connectivity index (χ3v) is 6.57. The van der Waals surface area contributed by atoms with Crippen LogP contribution in [-0.2, 0) is 21.7 Å². The fourth-order valence-electron chi connectivity index (χ4n) is 3.88. The fourth-order valence-corrected chi connectivity index (χ4v) is 4.73. The summed E-state index contributed by atoms with van der Waals surface area (Å²) < 4.78 is 5.87.